The molecule has 0 radical (unpaired) electrons. The largest absolute Gasteiger partial charge is 0.495 e. The maximum Gasteiger partial charge on any atom is 0.229 e. The Morgan fingerprint density at radius 2 is 2.27 bits per heavy atom. The van der Waals surface area contributed by atoms with Crippen LogP contribution >= 0.6 is 11.5 Å². The van der Waals surface area contributed by atoms with Gasteiger partial charge in [0.25, 0.3) is 0 Å². The minimum absolute atomic E-state index is 0.652. The smallest absolute Gasteiger partial charge is 0.229 e. The molecule has 0 saturated carbocycles. The molecule has 1 N–H and O–H groups in total. The number of aryl methyl sites for hydroxylation is 1. The van der Waals surface area contributed by atoms with Crippen molar-refractivity contribution < 1.29 is 4.74 Å². The molecule has 2 rings (SSSR count). The van der Waals surface area contributed by atoms with E-state index in [4.69, 9.17) is 4.74 Å². The number of methoxy groups -OCH3 is 1. The van der Waals surface area contributed by atoms with Crippen LogP contribution in [-0.2, 0) is 0 Å². The van der Waals surface area contributed by atoms with E-state index in [0.29, 0.717) is 5.13 Å². The van der Waals surface area contributed by atoms with E-state index in [1.54, 1.807) is 7.11 Å². The van der Waals surface area contributed by atoms with Crippen molar-refractivity contribution in [1.29, 1.82) is 0 Å². The Bertz CT molecular complexity index is 443. The van der Waals surface area contributed by atoms with Crippen LogP contribution in [0, 0.1) is 6.92 Å². The van der Waals surface area contributed by atoms with Gasteiger partial charge in [-0.05, 0) is 29.8 Å². The van der Waals surface area contributed by atoms with Gasteiger partial charge in [-0.15, -0.1) is 0 Å². The molecule has 0 saturated heterocycles. The molecule has 15 heavy (non-hydrogen) atoms. The van der Waals surface area contributed by atoms with E-state index in [1.807, 2.05) is 25.1 Å². The van der Waals surface area contributed by atoms with Crippen molar-refractivity contribution in [3.8, 4) is 5.75 Å². The molecule has 1 aromatic carbocycles. The number of hydrogen-bond donors (Lipinski definition) is 1. The van der Waals surface area contributed by atoms with Crippen molar-refractivity contribution in [2.75, 3.05) is 12.4 Å². The normalized spacial score (nSPS) is 10.0. The van der Waals surface area contributed by atoms with Crippen LogP contribution in [0.5, 0.6) is 5.75 Å². The van der Waals surface area contributed by atoms with Gasteiger partial charge in [-0.25, -0.2) is 0 Å². The van der Waals surface area contributed by atoms with E-state index >= 15 is 0 Å². The van der Waals surface area contributed by atoms with E-state index in [2.05, 4.69) is 20.1 Å². The summed E-state index contributed by atoms with van der Waals surface area (Å²) in [5.74, 6) is 0.774. The molecule has 1 aromatic heterocycles. The zero-order chi connectivity index (χ0) is 10.7. The summed E-state index contributed by atoms with van der Waals surface area (Å²) >= 11 is 1.20. The maximum atomic E-state index is 5.22. The van der Waals surface area contributed by atoms with Gasteiger partial charge in [-0.2, -0.15) is 0 Å². The molecule has 2 aromatic rings. The quantitative estimate of drug-likeness (QED) is 0.860. The van der Waals surface area contributed by atoms with Crippen LogP contribution < -0.4 is 10.1 Å². The van der Waals surface area contributed by atoms with E-state index in [1.165, 1.54) is 11.5 Å². The summed E-state index contributed by atoms with van der Waals surface area (Å²) in [6.45, 7) is 2.02. The standard InChI is InChI=1S/C9H10N4OS/c1-6-3-4-8(14-2)7(5-6)10-9-11-12-13-15-9/h3-5H,1-2H3,(H,10,11,13). The van der Waals surface area contributed by atoms with Gasteiger partial charge in [0.15, 0.2) is 0 Å². The van der Waals surface area contributed by atoms with Gasteiger partial charge in [-0.1, -0.05) is 15.7 Å². The van der Waals surface area contributed by atoms with E-state index in [9.17, 15) is 0 Å². The number of hydrogen-bond acceptors (Lipinski definition) is 6. The fourth-order valence-corrected chi connectivity index (χ4v) is 1.60. The number of ether oxygens (including phenoxy) is 1. The third-order valence-electron chi connectivity index (χ3n) is 1.90. The van der Waals surface area contributed by atoms with Gasteiger partial charge >= 0.3 is 0 Å². The van der Waals surface area contributed by atoms with Crippen molar-refractivity contribution in [3.63, 3.8) is 0 Å². The first kappa shape index (κ1) is 9.85. The van der Waals surface area contributed by atoms with E-state index in [-0.39, 0.29) is 0 Å². The van der Waals surface area contributed by atoms with Crippen LogP contribution in [0.15, 0.2) is 18.2 Å². The van der Waals surface area contributed by atoms with Crippen LogP contribution in [0.2, 0.25) is 0 Å². The molecule has 1 heterocycles. The zero-order valence-electron chi connectivity index (χ0n) is 8.39. The summed E-state index contributed by atoms with van der Waals surface area (Å²) in [6.07, 6.45) is 0. The highest BCUT2D eigenvalue weighted by atomic mass is 32.1. The predicted molar refractivity (Wildman–Crippen MR) is 58.7 cm³/mol. The van der Waals surface area contributed by atoms with E-state index < -0.39 is 0 Å². The van der Waals surface area contributed by atoms with Crippen molar-refractivity contribution in [1.82, 2.24) is 14.8 Å². The topological polar surface area (TPSA) is 59.9 Å². The minimum atomic E-state index is 0.652. The molecular formula is C9H10N4OS. The SMILES string of the molecule is COc1ccc(C)cc1Nc1nnns1. The van der Waals surface area contributed by atoms with Gasteiger partial charge < -0.3 is 10.1 Å². The van der Waals surface area contributed by atoms with Crippen LogP contribution in [-0.4, -0.2) is 21.9 Å². The number of anilines is 2. The summed E-state index contributed by atoms with van der Waals surface area (Å²) in [5, 5.41) is 11.1. The van der Waals surface area contributed by atoms with Crippen LogP contribution in [0.1, 0.15) is 5.56 Å². The lowest BCUT2D eigenvalue weighted by Gasteiger charge is -2.08. The molecule has 0 atom stereocenters. The Morgan fingerprint density at radius 1 is 1.40 bits per heavy atom. The third-order valence-corrected chi connectivity index (χ3v) is 2.41. The molecule has 0 bridgehead atoms. The molecule has 6 heteroatoms. The Kier molecular flexibility index (Phi) is 2.77. The molecule has 78 valence electrons. The maximum absolute atomic E-state index is 5.22. The Hall–Kier alpha value is -1.69. The van der Waals surface area contributed by atoms with Crippen LogP contribution in [0.25, 0.3) is 0 Å². The number of nitrogens with one attached hydrogen (secondary N) is 1. The molecule has 0 unspecified atom stereocenters. The number of aromatic nitrogens is 3. The highest BCUT2D eigenvalue weighted by Crippen LogP contribution is 2.28. The van der Waals surface area contributed by atoms with Crippen molar-refractivity contribution in [2.45, 2.75) is 6.92 Å². The van der Waals surface area contributed by atoms with Gasteiger partial charge in [0, 0.05) is 11.5 Å². The fourth-order valence-electron chi connectivity index (χ4n) is 1.22. The molecule has 0 aliphatic carbocycles. The average molecular weight is 222 g/mol. The minimum Gasteiger partial charge on any atom is -0.495 e. The first-order valence-corrected chi connectivity index (χ1v) is 5.13. The summed E-state index contributed by atoms with van der Waals surface area (Å²) < 4.78 is 8.90. The van der Waals surface area contributed by atoms with E-state index in [0.717, 1.165) is 17.0 Å². The Labute approximate surface area is 91.3 Å². The lowest BCUT2D eigenvalue weighted by molar-refractivity contribution is 0.416. The second kappa shape index (κ2) is 4.22. The monoisotopic (exact) mass is 222 g/mol. The average Bonchev–Trinajstić information content (AvgIpc) is 2.71. The van der Waals surface area contributed by atoms with Gasteiger partial charge in [-0.3, -0.25) is 0 Å². The molecule has 0 aliphatic heterocycles. The van der Waals surface area contributed by atoms with Crippen molar-refractivity contribution in [2.24, 2.45) is 0 Å². The third kappa shape index (κ3) is 2.21. The van der Waals surface area contributed by atoms with Crippen molar-refractivity contribution in [3.05, 3.63) is 23.8 Å². The summed E-state index contributed by atoms with van der Waals surface area (Å²) in [6, 6.07) is 5.88. The molecule has 0 aliphatic rings. The Balaban J connectivity index is 2.30. The van der Waals surface area contributed by atoms with Crippen LogP contribution in [0.3, 0.4) is 0 Å². The zero-order valence-corrected chi connectivity index (χ0v) is 9.21. The molecular weight excluding hydrogens is 212 g/mol. The highest BCUT2D eigenvalue weighted by molar-refractivity contribution is 7.09. The summed E-state index contributed by atoms with van der Waals surface area (Å²) in [4.78, 5) is 0. The lowest BCUT2D eigenvalue weighted by atomic mass is 10.2. The Morgan fingerprint density at radius 3 is 2.93 bits per heavy atom. The van der Waals surface area contributed by atoms with Gasteiger partial charge in [0.05, 0.1) is 12.8 Å². The van der Waals surface area contributed by atoms with Crippen molar-refractivity contribution >= 4 is 22.4 Å². The summed E-state index contributed by atoms with van der Waals surface area (Å²) in [5.41, 5.74) is 2.02. The lowest BCUT2D eigenvalue weighted by Crippen LogP contribution is -1.94. The highest BCUT2D eigenvalue weighted by Gasteiger charge is 2.05. The van der Waals surface area contributed by atoms with Gasteiger partial charge in [0.2, 0.25) is 5.13 Å². The number of benzene rings is 1. The molecule has 0 amide bonds. The van der Waals surface area contributed by atoms with Crippen LogP contribution in [0.4, 0.5) is 10.8 Å². The molecule has 0 spiro atoms. The second-order valence-corrected chi connectivity index (χ2v) is 3.73. The predicted octanol–water partition coefficient (Wildman–Crippen LogP) is 1.99. The fraction of sp³-hybridized carbons (Fsp3) is 0.222. The first-order valence-electron chi connectivity index (χ1n) is 4.36. The summed E-state index contributed by atoms with van der Waals surface area (Å²) in [7, 11) is 1.63. The first-order chi connectivity index (χ1) is 7.29. The number of nitrogens with zero attached hydrogens (tertiary/aromatic N) is 3. The number of rotatable bonds is 3. The molecule has 5 nitrogen and oxygen atoms in total. The van der Waals surface area contributed by atoms with Gasteiger partial charge in [0.1, 0.15) is 5.75 Å². The second-order valence-electron chi connectivity index (χ2n) is 3.00. The molecule has 0 fully saturated rings.